The predicted molar refractivity (Wildman–Crippen MR) is 52.2 cm³/mol. The molecular weight excluding hydrogens is 196 g/mol. The molecule has 2 fully saturated rings. The summed E-state index contributed by atoms with van der Waals surface area (Å²) >= 11 is 0. The molecule has 2 rings (SSSR count). The van der Waals surface area contributed by atoms with Crippen molar-refractivity contribution in [3.63, 3.8) is 0 Å². The molecule has 0 aromatic carbocycles. The van der Waals surface area contributed by atoms with Crippen LogP contribution in [0, 0.1) is 11.3 Å². The second-order valence-electron chi connectivity index (χ2n) is 4.32. The maximum absolute atomic E-state index is 12.1. The minimum absolute atomic E-state index is 0.000324. The molecule has 84 valence electrons. The van der Waals surface area contributed by atoms with Crippen molar-refractivity contribution < 1.29 is 19.1 Å². The summed E-state index contributed by atoms with van der Waals surface area (Å²) in [5, 5.41) is 0. The van der Waals surface area contributed by atoms with Gasteiger partial charge in [0.15, 0.2) is 5.78 Å². The molecule has 1 heterocycles. The van der Waals surface area contributed by atoms with Crippen LogP contribution in [-0.4, -0.2) is 32.1 Å². The quantitative estimate of drug-likeness (QED) is 0.516. The molecule has 1 aliphatic carbocycles. The van der Waals surface area contributed by atoms with E-state index in [1.165, 1.54) is 7.11 Å². The lowest BCUT2D eigenvalue weighted by Gasteiger charge is -2.24. The van der Waals surface area contributed by atoms with Gasteiger partial charge in [0.1, 0.15) is 5.41 Å². The van der Waals surface area contributed by atoms with Crippen LogP contribution in [-0.2, 0) is 19.1 Å². The minimum Gasteiger partial charge on any atom is -0.468 e. The van der Waals surface area contributed by atoms with Crippen LogP contribution in [0.5, 0.6) is 0 Å². The topological polar surface area (TPSA) is 52.6 Å². The first-order chi connectivity index (χ1) is 7.20. The Morgan fingerprint density at radius 1 is 1.27 bits per heavy atom. The Morgan fingerprint density at radius 3 is 2.33 bits per heavy atom. The molecule has 4 heteroatoms. The molecule has 2 aliphatic rings. The second kappa shape index (κ2) is 3.93. The highest BCUT2D eigenvalue weighted by molar-refractivity contribution is 6.07. The number of carbonyl (C=O) groups excluding carboxylic acids is 2. The molecule has 0 amide bonds. The monoisotopic (exact) mass is 212 g/mol. The summed E-state index contributed by atoms with van der Waals surface area (Å²) in [5.74, 6) is -0.267. The highest BCUT2D eigenvalue weighted by atomic mass is 16.5. The number of ether oxygens (including phenoxy) is 2. The van der Waals surface area contributed by atoms with E-state index in [1.54, 1.807) is 0 Å². The number of carbonyl (C=O) groups is 2. The van der Waals surface area contributed by atoms with Gasteiger partial charge in [0.05, 0.1) is 7.11 Å². The van der Waals surface area contributed by atoms with E-state index in [4.69, 9.17) is 9.47 Å². The van der Waals surface area contributed by atoms with Gasteiger partial charge in [-0.2, -0.15) is 0 Å². The largest absolute Gasteiger partial charge is 0.468 e. The zero-order chi connectivity index (χ0) is 10.9. The SMILES string of the molecule is COC(=O)C1(C(=O)C2CCOCC2)CC1. The van der Waals surface area contributed by atoms with Crippen molar-refractivity contribution in [1.29, 1.82) is 0 Å². The predicted octanol–water partition coefficient (Wildman–Crippen LogP) is 0.935. The minimum atomic E-state index is -0.781. The van der Waals surface area contributed by atoms with Crippen LogP contribution >= 0.6 is 0 Å². The lowest BCUT2D eigenvalue weighted by molar-refractivity contribution is -0.153. The third-order valence-electron chi connectivity index (χ3n) is 3.39. The molecular formula is C11H16O4. The van der Waals surface area contributed by atoms with Crippen molar-refractivity contribution in [3.05, 3.63) is 0 Å². The third kappa shape index (κ3) is 1.78. The summed E-state index contributed by atoms with van der Waals surface area (Å²) < 4.78 is 9.90. The van der Waals surface area contributed by atoms with Gasteiger partial charge in [-0.1, -0.05) is 0 Å². The first-order valence-electron chi connectivity index (χ1n) is 5.41. The molecule has 0 bridgehead atoms. The summed E-state index contributed by atoms with van der Waals surface area (Å²) in [5.41, 5.74) is -0.781. The number of hydrogen-bond donors (Lipinski definition) is 0. The molecule has 0 radical (unpaired) electrons. The summed E-state index contributed by atoms with van der Waals surface area (Å²) in [6.07, 6.45) is 2.82. The van der Waals surface area contributed by atoms with Crippen LogP contribution in [0.4, 0.5) is 0 Å². The van der Waals surface area contributed by atoms with Crippen LogP contribution in [0.1, 0.15) is 25.7 Å². The van der Waals surface area contributed by atoms with E-state index >= 15 is 0 Å². The van der Waals surface area contributed by atoms with E-state index in [0.717, 1.165) is 12.8 Å². The van der Waals surface area contributed by atoms with Gasteiger partial charge in [0, 0.05) is 19.1 Å². The van der Waals surface area contributed by atoms with Gasteiger partial charge >= 0.3 is 5.97 Å². The van der Waals surface area contributed by atoms with E-state index < -0.39 is 5.41 Å². The molecule has 0 aromatic rings. The van der Waals surface area contributed by atoms with E-state index in [1.807, 2.05) is 0 Å². The molecule has 15 heavy (non-hydrogen) atoms. The normalized spacial score (nSPS) is 24.6. The molecule has 0 unspecified atom stereocenters. The third-order valence-corrected chi connectivity index (χ3v) is 3.39. The van der Waals surface area contributed by atoms with Crippen molar-refractivity contribution in [2.75, 3.05) is 20.3 Å². The first-order valence-corrected chi connectivity index (χ1v) is 5.41. The Kier molecular flexibility index (Phi) is 2.78. The fourth-order valence-electron chi connectivity index (χ4n) is 2.22. The van der Waals surface area contributed by atoms with Gasteiger partial charge in [-0.15, -0.1) is 0 Å². The molecule has 0 N–H and O–H groups in total. The molecule has 4 nitrogen and oxygen atoms in total. The summed E-state index contributed by atoms with van der Waals surface area (Å²) in [6.45, 7) is 1.27. The Morgan fingerprint density at radius 2 is 1.87 bits per heavy atom. The van der Waals surface area contributed by atoms with Crippen LogP contribution < -0.4 is 0 Å². The van der Waals surface area contributed by atoms with Gasteiger partial charge in [-0.3, -0.25) is 9.59 Å². The van der Waals surface area contributed by atoms with Gasteiger partial charge in [0.25, 0.3) is 0 Å². The molecule has 1 aliphatic heterocycles. The smallest absolute Gasteiger partial charge is 0.319 e. The highest BCUT2D eigenvalue weighted by Gasteiger charge is 2.58. The van der Waals surface area contributed by atoms with Crippen molar-refractivity contribution in [2.45, 2.75) is 25.7 Å². The van der Waals surface area contributed by atoms with Gasteiger partial charge in [-0.05, 0) is 25.7 Å². The zero-order valence-electron chi connectivity index (χ0n) is 8.95. The zero-order valence-corrected chi connectivity index (χ0v) is 8.95. The fourth-order valence-corrected chi connectivity index (χ4v) is 2.22. The van der Waals surface area contributed by atoms with Gasteiger partial charge < -0.3 is 9.47 Å². The molecule has 1 saturated heterocycles. The van der Waals surface area contributed by atoms with Crippen molar-refractivity contribution in [1.82, 2.24) is 0 Å². The van der Waals surface area contributed by atoms with Crippen LogP contribution in [0.3, 0.4) is 0 Å². The molecule has 1 saturated carbocycles. The number of Topliss-reactive ketones (excluding diaryl/α,β-unsaturated/α-hetero) is 1. The standard InChI is InChI=1S/C11H16O4/c1-14-10(13)11(4-5-11)9(12)8-2-6-15-7-3-8/h8H,2-7H2,1H3. The van der Waals surface area contributed by atoms with Crippen LogP contribution in [0.25, 0.3) is 0 Å². The first kappa shape index (κ1) is 10.6. The second-order valence-corrected chi connectivity index (χ2v) is 4.32. The van der Waals surface area contributed by atoms with E-state index in [9.17, 15) is 9.59 Å². The average molecular weight is 212 g/mol. The summed E-state index contributed by atoms with van der Waals surface area (Å²) in [7, 11) is 1.35. The number of esters is 1. The van der Waals surface area contributed by atoms with Gasteiger partial charge in [0.2, 0.25) is 0 Å². The number of hydrogen-bond acceptors (Lipinski definition) is 4. The van der Waals surface area contributed by atoms with Crippen LogP contribution in [0.15, 0.2) is 0 Å². The van der Waals surface area contributed by atoms with Crippen molar-refractivity contribution >= 4 is 11.8 Å². The number of methoxy groups -OCH3 is 1. The Hall–Kier alpha value is -0.900. The van der Waals surface area contributed by atoms with E-state index in [-0.39, 0.29) is 17.7 Å². The fraction of sp³-hybridized carbons (Fsp3) is 0.818. The Labute approximate surface area is 88.9 Å². The number of rotatable bonds is 3. The van der Waals surface area contributed by atoms with Crippen molar-refractivity contribution in [2.24, 2.45) is 11.3 Å². The number of ketones is 1. The Bertz CT molecular complexity index is 274. The van der Waals surface area contributed by atoms with Crippen molar-refractivity contribution in [3.8, 4) is 0 Å². The summed E-state index contributed by atoms with van der Waals surface area (Å²) in [6, 6.07) is 0. The maximum atomic E-state index is 12.1. The molecule has 0 atom stereocenters. The average Bonchev–Trinajstić information content (AvgIpc) is 3.09. The molecule has 0 aromatic heterocycles. The van der Waals surface area contributed by atoms with Crippen LogP contribution in [0.2, 0.25) is 0 Å². The lowest BCUT2D eigenvalue weighted by Crippen LogP contribution is -2.35. The molecule has 0 spiro atoms. The highest BCUT2D eigenvalue weighted by Crippen LogP contribution is 2.50. The maximum Gasteiger partial charge on any atom is 0.319 e. The van der Waals surface area contributed by atoms with Gasteiger partial charge in [-0.25, -0.2) is 0 Å². The Balaban J connectivity index is 2.03. The lowest BCUT2D eigenvalue weighted by atomic mass is 9.85. The van der Waals surface area contributed by atoms with E-state index in [2.05, 4.69) is 0 Å². The summed E-state index contributed by atoms with van der Waals surface area (Å²) in [4.78, 5) is 23.6. The van der Waals surface area contributed by atoms with E-state index in [0.29, 0.717) is 26.1 Å².